The number of hydrogen-bond donors (Lipinski definition) is 0. The average Bonchev–Trinajstić information content (AvgIpc) is 2.08. The summed E-state index contributed by atoms with van der Waals surface area (Å²) in [6.07, 6.45) is 8.15. The van der Waals surface area contributed by atoms with E-state index >= 15 is 0 Å². The zero-order chi connectivity index (χ0) is 6.91. The Morgan fingerprint density at radius 2 is 2.10 bits per heavy atom. The van der Waals surface area contributed by atoms with E-state index in [0.29, 0.717) is 0 Å². The molecule has 0 unspecified atom stereocenters. The molecular formula is C7H15BrHfSi. The van der Waals surface area contributed by atoms with E-state index in [2.05, 4.69) is 27.6 Å². The van der Waals surface area contributed by atoms with E-state index in [1.807, 2.05) is 3.33 Å². The van der Waals surface area contributed by atoms with Gasteiger partial charge in [0.25, 0.3) is 0 Å². The van der Waals surface area contributed by atoms with E-state index in [1.165, 1.54) is 13.9 Å². The summed E-state index contributed by atoms with van der Waals surface area (Å²) in [4.78, 5) is 0. The standard InChI is InChI=1S/C5H5.2CH3.BrH.Hf.H3Si/c1-2-4-5-3-1;;;;;/h1-3H,4H2;2*1H3;1H;;1H3. The van der Waals surface area contributed by atoms with Gasteiger partial charge in [-0.1, -0.05) is 0 Å². The van der Waals surface area contributed by atoms with Gasteiger partial charge >= 0.3 is 63.9 Å². The van der Waals surface area contributed by atoms with Gasteiger partial charge in [0, 0.05) is 0 Å². The van der Waals surface area contributed by atoms with Crippen molar-refractivity contribution >= 4 is 24.4 Å². The van der Waals surface area contributed by atoms with Gasteiger partial charge in [-0.15, -0.1) is 17.0 Å². The zero-order valence-electron chi connectivity index (χ0n) is 6.85. The molecule has 0 aromatic carbocycles. The topological polar surface area (TPSA) is 0 Å². The van der Waals surface area contributed by atoms with Crippen LogP contribution in [0.2, 0.25) is 9.36 Å². The molecule has 0 saturated carbocycles. The molecule has 0 fully saturated rings. The van der Waals surface area contributed by atoms with E-state index in [0.717, 1.165) is 0 Å². The number of allylic oxidation sites excluding steroid dienone is 4. The van der Waals surface area contributed by atoms with E-state index in [9.17, 15) is 0 Å². The summed E-state index contributed by atoms with van der Waals surface area (Å²) in [6, 6.07) is 0. The van der Waals surface area contributed by atoms with Gasteiger partial charge in [0.15, 0.2) is 0 Å². The van der Waals surface area contributed by atoms with Crippen LogP contribution in [0.3, 0.4) is 0 Å². The molecule has 0 aliphatic heterocycles. The molecule has 0 N–H and O–H groups in total. The molecule has 1 aliphatic rings. The molecular weight excluding hydrogens is 371 g/mol. The summed E-state index contributed by atoms with van der Waals surface area (Å²) in [5.74, 6) is 0. The average molecular weight is 386 g/mol. The second-order valence-corrected chi connectivity index (χ2v) is 42.5. The Hall–Kier alpha value is 1.05. The molecule has 0 aromatic heterocycles. The van der Waals surface area contributed by atoms with Crippen LogP contribution < -0.4 is 0 Å². The Bertz CT molecular complexity index is 167. The van der Waals surface area contributed by atoms with Gasteiger partial charge in [-0.2, -0.15) is 0 Å². The maximum atomic E-state index is 2.54. The first-order valence-electron chi connectivity index (χ1n) is 3.47. The molecule has 0 spiro atoms. The molecule has 10 heavy (non-hydrogen) atoms. The van der Waals surface area contributed by atoms with Crippen molar-refractivity contribution in [3.63, 3.8) is 0 Å². The summed E-state index contributed by atoms with van der Waals surface area (Å²) in [5, 5.41) is 0. The van der Waals surface area contributed by atoms with Crippen molar-refractivity contribution in [3.8, 4) is 0 Å². The predicted octanol–water partition coefficient (Wildman–Crippen LogP) is 1.94. The fourth-order valence-electron chi connectivity index (χ4n) is 1.00. The van der Waals surface area contributed by atoms with Gasteiger partial charge in [0.05, 0.1) is 0 Å². The molecule has 0 nitrogen and oxygen atoms in total. The first-order chi connectivity index (χ1) is 4.11. The van der Waals surface area contributed by atoms with Crippen LogP contribution in [-0.4, -0.2) is 7.43 Å². The van der Waals surface area contributed by atoms with Gasteiger partial charge < -0.3 is 0 Å². The van der Waals surface area contributed by atoms with Crippen molar-refractivity contribution in [1.29, 1.82) is 0 Å². The van der Waals surface area contributed by atoms with Gasteiger partial charge in [0.1, 0.15) is 0 Å². The first-order valence-corrected chi connectivity index (χ1v) is 24.2. The molecule has 1 aliphatic carbocycles. The van der Waals surface area contributed by atoms with Crippen LogP contribution in [0.15, 0.2) is 21.6 Å². The molecule has 0 heterocycles. The Morgan fingerprint density at radius 1 is 1.50 bits per heavy atom. The van der Waals surface area contributed by atoms with Crippen molar-refractivity contribution in [2.24, 2.45) is 0 Å². The fraction of sp³-hybridized carbons (Fsp3) is 0.429. The Kier molecular flexibility index (Phi) is 4.60. The zero-order valence-corrected chi connectivity index (χ0v) is 14.2. The Labute approximate surface area is 80.3 Å². The number of halogens is 1. The minimum absolute atomic E-state index is 0. The van der Waals surface area contributed by atoms with Crippen LogP contribution >= 0.6 is 17.0 Å². The predicted molar refractivity (Wildman–Crippen MR) is 53.8 cm³/mol. The monoisotopic (exact) mass is 386 g/mol. The summed E-state index contributed by atoms with van der Waals surface area (Å²) < 4.78 is 6.91. The normalized spacial score (nSPS) is 16.8. The molecule has 0 radical (unpaired) electrons. The van der Waals surface area contributed by atoms with Gasteiger partial charge in [0.2, 0.25) is 0 Å². The van der Waals surface area contributed by atoms with Gasteiger partial charge in [-0.05, 0) is 0 Å². The van der Waals surface area contributed by atoms with Crippen molar-refractivity contribution in [2.45, 2.75) is 15.8 Å². The van der Waals surface area contributed by atoms with Crippen molar-refractivity contribution in [3.05, 3.63) is 21.6 Å². The molecule has 1 rings (SSSR count). The van der Waals surface area contributed by atoms with Crippen LogP contribution in [0, 0.1) is 0 Å². The fourth-order valence-corrected chi connectivity index (χ4v) is 8.80. The second-order valence-electron chi connectivity index (χ2n) is 3.57. The third kappa shape index (κ3) is 2.97. The molecule has 0 bridgehead atoms. The summed E-state index contributed by atoms with van der Waals surface area (Å²) in [7, 11) is 1.48. The minimum atomic E-state index is -1.57. The molecule has 0 aromatic rings. The molecule has 0 atom stereocenters. The van der Waals surface area contributed by atoms with E-state index < -0.39 is 19.1 Å². The Morgan fingerprint density at radius 3 is 2.30 bits per heavy atom. The van der Waals surface area contributed by atoms with Crippen LogP contribution in [-0.2, 0) is 19.1 Å². The van der Waals surface area contributed by atoms with Crippen molar-refractivity contribution in [1.82, 2.24) is 0 Å². The molecule has 0 saturated heterocycles. The second kappa shape index (κ2) is 4.17. The Balaban J connectivity index is 0.000000810. The van der Waals surface area contributed by atoms with Crippen molar-refractivity contribution in [2.75, 3.05) is 0 Å². The summed E-state index contributed by atoms with van der Waals surface area (Å²) in [5.41, 5.74) is 0. The van der Waals surface area contributed by atoms with E-state index in [-0.39, 0.29) is 17.0 Å². The van der Waals surface area contributed by atoms with Crippen molar-refractivity contribution < 1.29 is 19.1 Å². The third-order valence-electron chi connectivity index (χ3n) is 1.73. The van der Waals surface area contributed by atoms with Gasteiger partial charge in [-0.3, -0.25) is 0 Å². The first kappa shape index (κ1) is 11.0. The van der Waals surface area contributed by atoms with E-state index in [1.54, 1.807) is 0 Å². The molecule has 58 valence electrons. The maximum absolute atomic E-state index is 2.54. The summed E-state index contributed by atoms with van der Waals surface area (Å²) >= 11 is -1.57. The quantitative estimate of drug-likeness (QED) is 0.605. The number of hydrogen-bond acceptors (Lipinski definition) is 0. The van der Waals surface area contributed by atoms with Gasteiger partial charge in [-0.25, -0.2) is 0 Å². The summed E-state index contributed by atoms with van der Waals surface area (Å²) in [6.45, 7) is 0. The van der Waals surface area contributed by atoms with Crippen LogP contribution in [0.25, 0.3) is 0 Å². The van der Waals surface area contributed by atoms with E-state index in [4.69, 9.17) is 0 Å². The SMILES string of the molecule is Br.[CH3][Hf]([CH3])([SiH3])[C]1=CC=CC1. The van der Waals surface area contributed by atoms with Crippen LogP contribution in [0.1, 0.15) is 6.42 Å². The van der Waals surface area contributed by atoms with Crippen LogP contribution in [0.4, 0.5) is 0 Å². The third-order valence-corrected chi connectivity index (χ3v) is 15.2. The molecule has 3 heteroatoms. The van der Waals surface area contributed by atoms with Crippen LogP contribution in [0.5, 0.6) is 0 Å². The molecule has 0 amide bonds. The number of rotatable bonds is 1.